The highest BCUT2D eigenvalue weighted by Gasteiger charge is 2.50. The van der Waals surface area contributed by atoms with Gasteiger partial charge >= 0.3 is 0 Å². The lowest BCUT2D eigenvalue weighted by Crippen LogP contribution is -2.64. The second-order valence-electron chi connectivity index (χ2n) is 9.20. The molecule has 1 amide bonds. The van der Waals surface area contributed by atoms with Gasteiger partial charge in [0.15, 0.2) is 5.13 Å². The lowest BCUT2D eigenvalue weighted by molar-refractivity contribution is -0.0502. The van der Waals surface area contributed by atoms with Crippen molar-refractivity contribution in [2.24, 2.45) is 11.8 Å². The summed E-state index contributed by atoms with van der Waals surface area (Å²) in [6, 6.07) is 11.9. The first kappa shape index (κ1) is 21.7. The summed E-state index contributed by atoms with van der Waals surface area (Å²) in [7, 11) is 0. The summed E-state index contributed by atoms with van der Waals surface area (Å²) in [6.07, 6.45) is 5.09. The van der Waals surface area contributed by atoms with Gasteiger partial charge in [0.2, 0.25) is 0 Å². The molecule has 3 aliphatic rings. The third kappa shape index (κ3) is 3.72. The van der Waals surface area contributed by atoms with E-state index in [1.807, 2.05) is 4.90 Å². The number of thiazole rings is 1. The number of nitriles is 1. The zero-order valence-electron chi connectivity index (χ0n) is 18.9. The Morgan fingerprint density at radius 1 is 1.23 bits per heavy atom. The van der Waals surface area contributed by atoms with E-state index in [0.717, 1.165) is 23.1 Å². The maximum absolute atomic E-state index is 13.9. The molecule has 0 radical (unpaired) electrons. The maximum Gasteiger partial charge on any atom is 0.255 e. The largest absolute Gasteiger partial charge is 0.359 e. The summed E-state index contributed by atoms with van der Waals surface area (Å²) >= 11 is 1.40. The second kappa shape index (κ2) is 8.43. The minimum absolute atomic E-state index is 0.0539. The van der Waals surface area contributed by atoms with E-state index in [2.05, 4.69) is 33.5 Å². The van der Waals surface area contributed by atoms with E-state index in [-0.39, 0.29) is 23.8 Å². The number of anilines is 1. The van der Waals surface area contributed by atoms with Gasteiger partial charge in [0.05, 0.1) is 51.5 Å². The van der Waals surface area contributed by atoms with Crippen molar-refractivity contribution in [3.05, 3.63) is 65.7 Å². The van der Waals surface area contributed by atoms with Crippen molar-refractivity contribution < 1.29 is 9.18 Å². The number of carbonyl (C=O) groups excluding carboxylic acids is 1. The van der Waals surface area contributed by atoms with Crippen molar-refractivity contribution in [3.63, 3.8) is 0 Å². The SMILES string of the molecule is CC1C2CC(C2)N(C(=O)c2cc(-n3nccn3)ccc2C#N)C1CNc1nc2ccc(F)cc2s1. The highest BCUT2D eigenvalue weighted by molar-refractivity contribution is 7.22. The van der Waals surface area contributed by atoms with Crippen molar-refractivity contribution in [2.45, 2.75) is 31.8 Å². The third-order valence-corrected chi connectivity index (χ3v) is 8.28. The molecule has 1 saturated carbocycles. The van der Waals surface area contributed by atoms with Crippen LogP contribution in [0.15, 0.2) is 48.8 Å². The zero-order valence-corrected chi connectivity index (χ0v) is 19.7. The molecule has 4 aromatic rings. The van der Waals surface area contributed by atoms with Crippen LogP contribution in [0.2, 0.25) is 0 Å². The van der Waals surface area contributed by atoms with Crippen LogP contribution in [-0.4, -0.2) is 49.4 Å². The number of hydrogen-bond acceptors (Lipinski definition) is 7. The van der Waals surface area contributed by atoms with E-state index in [9.17, 15) is 14.4 Å². The molecular weight excluding hydrogens is 465 g/mol. The van der Waals surface area contributed by atoms with E-state index in [0.29, 0.717) is 40.3 Å². The van der Waals surface area contributed by atoms with E-state index in [4.69, 9.17) is 0 Å². The first-order chi connectivity index (χ1) is 17.0. The Hall–Kier alpha value is -3.84. The number of halogens is 1. The highest BCUT2D eigenvalue weighted by Crippen LogP contribution is 2.47. The molecule has 3 fully saturated rings. The van der Waals surface area contributed by atoms with Gasteiger partial charge in [0.1, 0.15) is 5.82 Å². The first-order valence-electron chi connectivity index (χ1n) is 11.6. The number of rotatable bonds is 5. The molecule has 2 saturated heterocycles. The van der Waals surface area contributed by atoms with E-state index in [1.165, 1.54) is 28.3 Å². The Morgan fingerprint density at radius 2 is 2.03 bits per heavy atom. The number of fused-ring (bicyclic) bond motifs is 3. The summed E-state index contributed by atoms with van der Waals surface area (Å²) in [4.78, 5) is 21.9. The Bertz CT molecular complexity index is 1450. The van der Waals surface area contributed by atoms with Crippen molar-refractivity contribution in [1.29, 1.82) is 5.26 Å². The van der Waals surface area contributed by atoms with Gasteiger partial charge in [-0.15, -0.1) is 0 Å². The van der Waals surface area contributed by atoms with Crippen LogP contribution >= 0.6 is 11.3 Å². The van der Waals surface area contributed by atoms with Gasteiger partial charge < -0.3 is 10.2 Å². The minimum atomic E-state index is -0.286. The number of carbonyl (C=O) groups is 1. The fraction of sp³-hybridized carbons (Fsp3) is 0.320. The summed E-state index contributed by atoms with van der Waals surface area (Å²) in [6.45, 7) is 2.72. The second-order valence-corrected chi connectivity index (χ2v) is 10.2. The van der Waals surface area contributed by atoms with E-state index in [1.54, 1.807) is 36.7 Å². The van der Waals surface area contributed by atoms with E-state index >= 15 is 0 Å². The number of amides is 1. The quantitative estimate of drug-likeness (QED) is 0.452. The molecule has 2 aromatic heterocycles. The lowest BCUT2D eigenvalue weighted by Gasteiger charge is -2.57. The number of nitrogens with zero attached hydrogens (tertiary/aromatic N) is 6. The molecule has 35 heavy (non-hydrogen) atoms. The van der Waals surface area contributed by atoms with Crippen LogP contribution in [0.5, 0.6) is 0 Å². The van der Waals surface area contributed by atoms with Gasteiger partial charge in [-0.3, -0.25) is 4.79 Å². The Kier molecular flexibility index (Phi) is 5.22. The number of hydrogen-bond donors (Lipinski definition) is 1. The van der Waals surface area contributed by atoms with Crippen LogP contribution in [0.4, 0.5) is 9.52 Å². The van der Waals surface area contributed by atoms with Gasteiger partial charge in [-0.05, 0) is 61.1 Å². The molecular formula is C25H22FN7OS. The third-order valence-electron chi connectivity index (χ3n) is 7.30. The van der Waals surface area contributed by atoms with E-state index < -0.39 is 0 Å². The molecule has 176 valence electrons. The highest BCUT2D eigenvalue weighted by atomic mass is 32.1. The van der Waals surface area contributed by atoms with Gasteiger partial charge in [0.25, 0.3) is 5.91 Å². The Balaban J connectivity index is 1.29. The molecule has 2 aliphatic heterocycles. The molecule has 2 aromatic carbocycles. The Morgan fingerprint density at radius 3 is 2.80 bits per heavy atom. The topological polar surface area (TPSA) is 99.7 Å². The first-order valence-corrected chi connectivity index (χ1v) is 12.4. The Labute approximate surface area is 205 Å². The molecule has 2 unspecified atom stereocenters. The van der Waals surface area contributed by atoms with Crippen LogP contribution < -0.4 is 5.32 Å². The molecule has 1 N–H and O–H groups in total. The summed E-state index contributed by atoms with van der Waals surface area (Å²) in [5.74, 6) is 0.440. The number of aromatic nitrogens is 4. The predicted octanol–water partition coefficient (Wildman–Crippen LogP) is 4.24. The molecule has 4 heterocycles. The van der Waals surface area contributed by atoms with Crippen LogP contribution in [0.25, 0.3) is 15.9 Å². The predicted molar refractivity (Wildman–Crippen MR) is 130 cm³/mol. The zero-order chi connectivity index (χ0) is 24.1. The fourth-order valence-electron chi connectivity index (χ4n) is 5.31. The van der Waals surface area contributed by atoms with Crippen molar-refractivity contribution in [3.8, 4) is 11.8 Å². The summed E-state index contributed by atoms with van der Waals surface area (Å²) < 4.78 is 14.4. The molecule has 7 rings (SSSR count). The number of piperidine rings is 2. The van der Waals surface area contributed by atoms with Crippen LogP contribution in [-0.2, 0) is 0 Å². The minimum Gasteiger partial charge on any atom is -0.359 e. The standard InChI is InChI=1S/C25H22FN7OS/c1-14-16-8-19(9-16)32(22(14)13-28-25-31-21-5-3-17(26)10-23(21)35-25)24(34)20-11-18(4-2-15(20)12-27)33-29-6-7-30-33/h2-7,10-11,14,16,19,22H,8-9,13H2,1H3,(H,28,31). The molecule has 1 aliphatic carbocycles. The molecule has 2 atom stereocenters. The van der Waals surface area contributed by atoms with Crippen molar-refractivity contribution in [1.82, 2.24) is 24.9 Å². The normalized spacial score (nSPS) is 23.1. The van der Waals surface area contributed by atoms with Crippen LogP contribution in [0, 0.1) is 29.0 Å². The van der Waals surface area contributed by atoms with Crippen molar-refractivity contribution >= 4 is 32.6 Å². The monoisotopic (exact) mass is 487 g/mol. The number of benzene rings is 2. The average Bonchev–Trinajstić information content (AvgIpc) is 3.51. The summed E-state index contributed by atoms with van der Waals surface area (Å²) in [5.41, 5.74) is 2.07. The fourth-order valence-corrected chi connectivity index (χ4v) is 6.21. The molecule has 2 bridgehead atoms. The molecule has 0 spiro atoms. The smallest absolute Gasteiger partial charge is 0.255 e. The summed E-state index contributed by atoms with van der Waals surface area (Å²) in [5, 5.41) is 22.1. The van der Waals surface area contributed by atoms with Gasteiger partial charge in [-0.1, -0.05) is 18.3 Å². The van der Waals surface area contributed by atoms with Crippen LogP contribution in [0.1, 0.15) is 35.7 Å². The van der Waals surface area contributed by atoms with Crippen LogP contribution in [0.3, 0.4) is 0 Å². The van der Waals surface area contributed by atoms with Gasteiger partial charge in [-0.25, -0.2) is 9.37 Å². The average molecular weight is 488 g/mol. The number of nitrogens with one attached hydrogen (secondary N) is 1. The maximum atomic E-state index is 13.9. The lowest BCUT2D eigenvalue weighted by atomic mass is 9.64. The van der Waals surface area contributed by atoms with Crippen molar-refractivity contribution in [2.75, 3.05) is 11.9 Å². The molecule has 10 heteroatoms. The van der Waals surface area contributed by atoms with Gasteiger partial charge in [-0.2, -0.15) is 20.3 Å². The molecule has 8 nitrogen and oxygen atoms in total. The van der Waals surface area contributed by atoms with Gasteiger partial charge in [0, 0.05) is 12.6 Å².